The Bertz CT molecular complexity index is 942. The third kappa shape index (κ3) is 5.77. The van der Waals surface area contributed by atoms with Crippen LogP contribution in [0, 0.1) is 0 Å². The number of nitrogens with one attached hydrogen (secondary N) is 1. The summed E-state index contributed by atoms with van der Waals surface area (Å²) in [6.07, 6.45) is 3.70. The molecule has 5 nitrogen and oxygen atoms in total. The molecular formula is C20H22F2N2O3S2. The number of hydrogen-bond acceptors (Lipinski definition) is 4. The van der Waals surface area contributed by atoms with Crippen molar-refractivity contribution in [3.05, 3.63) is 54.1 Å². The average Bonchev–Trinajstić information content (AvgIpc) is 2.99. The second-order valence-electron chi connectivity index (χ2n) is 6.70. The van der Waals surface area contributed by atoms with Crippen molar-refractivity contribution in [1.29, 1.82) is 0 Å². The standard InChI is InChI=1S/C20H22F2N2O3S2/c21-20(22)28-17-10-8-16(9-11-17)23-19(25)15-6-5-7-18(14-15)29(26,27)24-12-3-1-2-4-13-24/h5-11,14,20H,1-4,12-13H2,(H,23,25). The fourth-order valence-electron chi connectivity index (χ4n) is 3.15. The molecular weight excluding hydrogens is 418 g/mol. The molecule has 1 N–H and O–H groups in total. The van der Waals surface area contributed by atoms with Gasteiger partial charge in [-0.2, -0.15) is 13.1 Å². The molecule has 0 radical (unpaired) electrons. The average molecular weight is 441 g/mol. The summed E-state index contributed by atoms with van der Waals surface area (Å²) in [7, 11) is -3.65. The molecule has 1 heterocycles. The van der Waals surface area contributed by atoms with Crippen LogP contribution in [0.25, 0.3) is 0 Å². The summed E-state index contributed by atoms with van der Waals surface area (Å²) in [4.78, 5) is 13.0. The number of benzene rings is 2. The predicted molar refractivity (Wildman–Crippen MR) is 110 cm³/mol. The van der Waals surface area contributed by atoms with E-state index in [2.05, 4.69) is 5.32 Å². The minimum atomic E-state index is -3.65. The van der Waals surface area contributed by atoms with Crippen LogP contribution in [-0.4, -0.2) is 37.5 Å². The molecule has 9 heteroatoms. The molecule has 0 unspecified atom stereocenters. The number of hydrogen-bond donors (Lipinski definition) is 1. The Kier molecular flexibility index (Phi) is 7.26. The maximum atomic E-state index is 12.9. The van der Waals surface area contributed by atoms with Gasteiger partial charge >= 0.3 is 0 Å². The van der Waals surface area contributed by atoms with Gasteiger partial charge in [0, 0.05) is 29.2 Å². The maximum Gasteiger partial charge on any atom is 0.288 e. The number of carbonyl (C=O) groups excluding carboxylic acids is 1. The van der Waals surface area contributed by atoms with E-state index in [1.807, 2.05) is 0 Å². The number of rotatable bonds is 6. The lowest BCUT2D eigenvalue weighted by Gasteiger charge is -2.20. The SMILES string of the molecule is O=C(Nc1ccc(SC(F)F)cc1)c1cccc(S(=O)(=O)N2CCCCCC2)c1. The van der Waals surface area contributed by atoms with Crippen LogP contribution in [0.1, 0.15) is 36.0 Å². The third-order valence-corrected chi connectivity index (χ3v) is 7.25. The van der Waals surface area contributed by atoms with Crippen LogP contribution in [0.5, 0.6) is 0 Å². The Morgan fingerprint density at radius 3 is 2.28 bits per heavy atom. The Morgan fingerprint density at radius 2 is 1.66 bits per heavy atom. The summed E-state index contributed by atoms with van der Waals surface area (Å²) >= 11 is 0.425. The van der Waals surface area contributed by atoms with E-state index in [1.165, 1.54) is 46.8 Å². The van der Waals surface area contributed by atoms with E-state index < -0.39 is 21.7 Å². The number of alkyl halides is 2. The third-order valence-electron chi connectivity index (χ3n) is 4.64. The molecule has 156 valence electrons. The van der Waals surface area contributed by atoms with Crippen LogP contribution < -0.4 is 5.32 Å². The maximum absolute atomic E-state index is 12.9. The zero-order valence-electron chi connectivity index (χ0n) is 15.7. The fourth-order valence-corrected chi connectivity index (χ4v) is 5.21. The fraction of sp³-hybridized carbons (Fsp3) is 0.350. The molecule has 2 aromatic rings. The molecule has 1 aliphatic heterocycles. The van der Waals surface area contributed by atoms with Gasteiger partial charge in [-0.3, -0.25) is 4.79 Å². The summed E-state index contributed by atoms with van der Waals surface area (Å²) in [6.45, 7) is 0.976. The summed E-state index contributed by atoms with van der Waals surface area (Å²) in [5.74, 6) is -2.98. The van der Waals surface area contributed by atoms with E-state index in [0.717, 1.165) is 25.7 Å². The number of sulfonamides is 1. The number of amides is 1. The summed E-state index contributed by atoms with van der Waals surface area (Å²) in [6, 6.07) is 12.0. The van der Waals surface area contributed by atoms with Gasteiger partial charge in [-0.05, 0) is 55.3 Å². The van der Waals surface area contributed by atoms with E-state index in [4.69, 9.17) is 0 Å². The van der Waals surface area contributed by atoms with E-state index in [1.54, 1.807) is 6.07 Å². The molecule has 1 fully saturated rings. The monoisotopic (exact) mass is 440 g/mol. The zero-order chi connectivity index (χ0) is 20.9. The minimum absolute atomic E-state index is 0.0933. The smallest absolute Gasteiger partial charge is 0.288 e. The van der Waals surface area contributed by atoms with Crippen molar-refractivity contribution in [2.75, 3.05) is 18.4 Å². The quantitative estimate of drug-likeness (QED) is 0.654. The van der Waals surface area contributed by atoms with Crippen LogP contribution >= 0.6 is 11.8 Å². The summed E-state index contributed by atoms with van der Waals surface area (Å²) in [5.41, 5.74) is 0.654. The highest BCUT2D eigenvalue weighted by atomic mass is 32.2. The highest BCUT2D eigenvalue weighted by Gasteiger charge is 2.25. The lowest BCUT2D eigenvalue weighted by Crippen LogP contribution is -2.32. The molecule has 1 amide bonds. The molecule has 2 aromatic carbocycles. The largest absolute Gasteiger partial charge is 0.322 e. The Balaban J connectivity index is 1.73. The summed E-state index contributed by atoms with van der Waals surface area (Å²) < 4.78 is 52.1. The molecule has 3 rings (SSSR count). The number of halogens is 2. The molecule has 0 aliphatic carbocycles. The number of nitrogens with zero attached hydrogens (tertiary/aromatic N) is 1. The second kappa shape index (κ2) is 9.69. The molecule has 1 saturated heterocycles. The van der Waals surface area contributed by atoms with Crippen molar-refractivity contribution in [1.82, 2.24) is 4.31 Å². The normalized spacial score (nSPS) is 15.8. The highest BCUT2D eigenvalue weighted by Crippen LogP contribution is 2.26. The first-order valence-electron chi connectivity index (χ1n) is 9.33. The molecule has 0 spiro atoms. The van der Waals surface area contributed by atoms with Gasteiger partial charge in [0.2, 0.25) is 10.0 Å². The molecule has 29 heavy (non-hydrogen) atoms. The summed E-state index contributed by atoms with van der Waals surface area (Å²) in [5, 5.41) is 2.66. The number of anilines is 1. The van der Waals surface area contributed by atoms with Gasteiger partial charge in [-0.1, -0.05) is 30.7 Å². The molecule has 0 bridgehead atoms. The lowest BCUT2D eigenvalue weighted by atomic mass is 10.2. The van der Waals surface area contributed by atoms with Gasteiger partial charge < -0.3 is 5.32 Å². The van der Waals surface area contributed by atoms with Crippen molar-refractivity contribution in [2.45, 2.75) is 41.2 Å². The van der Waals surface area contributed by atoms with Gasteiger partial charge in [0.05, 0.1) is 4.90 Å². The Hall–Kier alpha value is -1.97. The second-order valence-corrected chi connectivity index (χ2v) is 9.70. The topological polar surface area (TPSA) is 66.5 Å². The first kappa shape index (κ1) is 21.7. The number of carbonyl (C=O) groups is 1. The van der Waals surface area contributed by atoms with Crippen LogP contribution in [-0.2, 0) is 10.0 Å². The Labute approximate surface area is 173 Å². The van der Waals surface area contributed by atoms with Gasteiger partial charge in [0.1, 0.15) is 0 Å². The van der Waals surface area contributed by atoms with Crippen LogP contribution in [0.4, 0.5) is 14.5 Å². The van der Waals surface area contributed by atoms with Gasteiger partial charge in [0.15, 0.2) is 0 Å². The molecule has 0 aromatic heterocycles. The zero-order valence-corrected chi connectivity index (χ0v) is 17.3. The van der Waals surface area contributed by atoms with E-state index in [9.17, 15) is 22.0 Å². The molecule has 0 saturated carbocycles. The predicted octanol–water partition coefficient (Wildman–Crippen LogP) is 4.82. The first-order valence-corrected chi connectivity index (χ1v) is 11.6. The molecule has 0 atom stereocenters. The van der Waals surface area contributed by atoms with Gasteiger partial charge in [0.25, 0.3) is 11.7 Å². The van der Waals surface area contributed by atoms with Crippen LogP contribution in [0.2, 0.25) is 0 Å². The van der Waals surface area contributed by atoms with Crippen molar-refractivity contribution >= 4 is 33.4 Å². The van der Waals surface area contributed by atoms with Crippen LogP contribution in [0.3, 0.4) is 0 Å². The van der Waals surface area contributed by atoms with Gasteiger partial charge in [-0.25, -0.2) is 8.42 Å². The van der Waals surface area contributed by atoms with Crippen molar-refractivity contribution in [3.63, 3.8) is 0 Å². The highest BCUT2D eigenvalue weighted by molar-refractivity contribution is 7.99. The van der Waals surface area contributed by atoms with Gasteiger partial charge in [-0.15, -0.1) is 0 Å². The van der Waals surface area contributed by atoms with Crippen molar-refractivity contribution in [3.8, 4) is 0 Å². The molecule has 1 aliphatic rings. The Morgan fingerprint density at radius 1 is 1.00 bits per heavy atom. The van der Waals surface area contributed by atoms with Crippen molar-refractivity contribution < 1.29 is 22.0 Å². The van der Waals surface area contributed by atoms with Crippen molar-refractivity contribution in [2.24, 2.45) is 0 Å². The minimum Gasteiger partial charge on any atom is -0.322 e. The van der Waals surface area contributed by atoms with E-state index in [0.29, 0.717) is 35.4 Å². The number of thioether (sulfide) groups is 1. The van der Waals surface area contributed by atoms with E-state index >= 15 is 0 Å². The van der Waals surface area contributed by atoms with Crippen LogP contribution in [0.15, 0.2) is 58.3 Å². The van der Waals surface area contributed by atoms with E-state index in [-0.39, 0.29) is 10.5 Å². The lowest BCUT2D eigenvalue weighted by molar-refractivity contribution is 0.102. The first-order chi connectivity index (χ1) is 13.9.